The van der Waals surface area contributed by atoms with Crippen molar-refractivity contribution in [2.75, 3.05) is 26.2 Å². The first-order valence-electron chi connectivity index (χ1n) is 6.98. The first-order chi connectivity index (χ1) is 9.20. The molecule has 1 aliphatic rings. The number of hydrogen-bond acceptors (Lipinski definition) is 4. The zero-order valence-electron chi connectivity index (χ0n) is 11.5. The van der Waals surface area contributed by atoms with Crippen LogP contribution in [0.1, 0.15) is 25.3 Å². The van der Waals surface area contributed by atoms with Crippen LogP contribution in [0.15, 0.2) is 16.8 Å². The van der Waals surface area contributed by atoms with Crippen LogP contribution < -0.4 is 5.73 Å². The van der Waals surface area contributed by atoms with Crippen molar-refractivity contribution >= 4 is 17.2 Å². The highest BCUT2D eigenvalue weighted by Gasteiger charge is 2.24. The molecule has 2 rings (SSSR count). The normalized spacial score (nSPS) is 18.5. The minimum absolute atomic E-state index is 0.122. The lowest BCUT2D eigenvalue weighted by molar-refractivity contribution is -0.134. The van der Waals surface area contributed by atoms with Gasteiger partial charge in [0.05, 0.1) is 6.04 Å². The van der Waals surface area contributed by atoms with E-state index in [2.05, 4.69) is 28.7 Å². The van der Waals surface area contributed by atoms with Crippen LogP contribution in [0.5, 0.6) is 0 Å². The molecule has 1 atom stereocenters. The molecule has 4 nitrogen and oxygen atoms in total. The van der Waals surface area contributed by atoms with Crippen molar-refractivity contribution in [3.05, 3.63) is 22.4 Å². The number of piperazine rings is 1. The Balaban J connectivity index is 1.77. The van der Waals surface area contributed by atoms with Crippen LogP contribution in [0.2, 0.25) is 0 Å². The van der Waals surface area contributed by atoms with Crippen molar-refractivity contribution in [1.29, 1.82) is 0 Å². The molecule has 0 bridgehead atoms. The Morgan fingerprint density at radius 3 is 2.74 bits per heavy atom. The molecule has 1 amide bonds. The highest BCUT2D eigenvalue weighted by Crippen LogP contribution is 2.12. The third kappa shape index (κ3) is 4.03. The highest BCUT2D eigenvalue weighted by molar-refractivity contribution is 7.07. The second-order valence-electron chi connectivity index (χ2n) is 5.13. The molecule has 2 heterocycles. The number of nitrogens with zero attached hydrogens (tertiary/aromatic N) is 2. The van der Waals surface area contributed by atoms with Crippen LogP contribution in [-0.2, 0) is 11.3 Å². The lowest BCUT2D eigenvalue weighted by Gasteiger charge is -2.35. The van der Waals surface area contributed by atoms with Crippen molar-refractivity contribution in [2.24, 2.45) is 5.73 Å². The lowest BCUT2D eigenvalue weighted by Crippen LogP contribution is -2.52. The quantitative estimate of drug-likeness (QED) is 0.890. The number of rotatable bonds is 5. The summed E-state index contributed by atoms with van der Waals surface area (Å²) in [5, 5.41) is 4.30. The summed E-state index contributed by atoms with van der Waals surface area (Å²) in [6.07, 6.45) is 1.75. The number of carbonyl (C=O) groups is 1. The van der Waals surface area contributed by atoms with Crippen molar-refractivity contribution < 1.29 is 4.79 Å². The maximum absolute atomic E-state index is 12.1. The zero-order chi connectivity index (χ0) is 13.7. The first-order valence-corrected chi connectivity index (χ1v) is 7.92. The summed E-state index contributed by atoms with van der Waals surface area (Å²) in [4.78, 5) is 16.4. The van der Waals surface area contributed by atoms with E-state index >= 15 is 0 Å². The second kappa shape index (κ2) is 7.03. The molecule has 1 aromatic heterocycles. The van der Waals surface area contributed by atoms with Gasteiger partial charge in [-0.15, -0.1) is 0 Å². The lowest BCUT2D eigenvalue weighted by atomic mass is 10.1. The van der Waals surface area contributed by atoms with E-state index in [0.717, 1.165) is 45.6 Å². The van der Waals surface area contributed by atoms with Gasteiger partial charge in [0.15, 0.2) is 0 Å². The van der Waals surface area contributed by atoms with Crippen molar-refractivity contribution in [1.82, 2.24) is 9.80 Å². The van der Waals surface area contributed by atoms with Crippen LogP contribution in [0.4, 0.5) is 0 Å². The number of hydrogen-bond donors (Lipinski definition) is 1. The van der Waals surface area contributed by atoms with Crippen molar-refractivity contribution in [3.8, 4) is 0 Å². The van der Waals surface area contributed by atoms with E-state index in [-0.39, 0.29) is 11.9 Å². The van der Waals surface area contributed by atoms with Gasteiger partial charge in [-0.3, -0.25) is 9.69 Å². The Morgan fingerprint density at radius 2 is 2.16 bits per heavy atom. The van der Waals surface area contributed by atoms with Gasteiger partial charge < -0.3 is 10.6 Å². The molecule has 106 valence electrons. The summed E-state index contributed by atoms with van der Waals surface area (Å²) in [5.74, 6) is 0.122. The van der Waals surface area contributed by atoms with E-state index < -0.39 is 0 Å². The van der Waals surface area contributed by atoms with Crippen LogP contribution in [0.25, 0.3) is 0 Å². The van der Waals surface area contributed by atoms with Gasteiger partial charge in [-0.2, -0.15) is 11.3 Å². The van der Waals surface area contributed by atoms with E-state index in [9.17, 15) is 4.79 Å². The smallest absolute Gasteiger partial charge is 0.239 e. The minimum atomic E-state index is -0.312. The van der Waals surface area contributed by atoms with Gasteiger partial charge in [-0.05, 0) is 28.8 Å². The van der Waals surface area contributed by atoms with E-state index in [1.54, 1.807) is 11.3 Å². The van der Waals surface area contributed by atoms with Gasteiger partial charge in [0.1, 0.15) is 0 Å². The summed E-state index contributed by atoms with van der Waals surface area (Å²) in [6, 6.07) is 1.85. The van der Waals surface area contributed by atoms with E-state index in [1.807, 2.05) is 4.90 Å². The molecule has 0 aromatic carbocycles. The maximum atomic E-state index is 12.1. The fourth-order valence-electron chi connectivity index (χ4n) is 2.44. The number of thiophene rings is 1. The SMILES string of the molecule is CCC[C@H](N)C(=O)N1CCN(Cc2ccsc2)CC1. The molecule has 5 heteroatoms. The molecule has 1 aliphatic heterocycles. The third-order valence-electron chi connectivity index (χ3n) is 3.59. The zero-order valence-corrected chi connectivity index (χ0v) is 12.4. The number of carbonyl (C=O) groups excluding carboxylic acids is 1. The van der Waals surface area contributed by atoms with Gasteiger partial charge in [0.2, 0.25) is 5.91 Å². The Kier molecular flexibility index (Phi) is 5.36. The predicted octanol–water partition coefficient (Wildman–Crippen LogP) is 1.52. The number of amides is 1. The molecule has 0 unspecified atom stereocenters. The Bertz CT molecular complexity index is 385. The molecule has 0 aliphatic carbocycles. The highest BCUT2D eigenvalue weighted by atomic mass is 32.1. The standard InChI is InChI=1S/C14H23N3OS/c1-2-3-13(15)14(18)17-7-5-16(6-8-17)10-12-4-9-19-11-12/h4,9,11,13H,2-3,5-8,10,15H2,1H3/t13-/m0/s1. The molecule has 2 N–H and O–H groups in total. The monoisotopic (exact) mass is 281 g/mol. The van der Waals surface area contributed by atoms with Crippen LogP contribution >= 0.6 is 11.3 Å². The molecule has 19 heavy (non-hydrogen) atoms. The largest absolute Gasteiger partial charge is 0.339 e. The molecule has 1 saturated heterocycles. The molecule has 0 saturated carbocycles. The van der Waals surface area contributed by atoms with Crippen molar-refractivity contribution in [2.45, 2.75) is 32.4 Å². The minimum Gasteiger partial charge on any atom is -0.339 e. The Labute approximate surface area is 119 Å². The first kappa shape index (κ1) is 14.5. The summed E-state index contributed by atoms with van der Waals surface area (Å²) in [5.41, 5.74) is 7.27. The van der Waals surface area contributed by atoms with E-state index in [0.29, 0.717) is 0 Å². The Morgan fingerprint density at radius 1 is 1.42 bits per heavy atom. The summed E-state index contributed by atoms with van der Waals surface area (Å²) in [6.45, 7) is 6.56. The fraction of sp³-hybridized carbons (Fsp3) is 0.643. The number of nitrogens with two attached hydrogens (primary N) is 1. The summed E-state index contributed by atoms with van der Waals surface area (Å²) >= 11 is 1.74. The molecule has 1 aromatic rings. The topological polar surface area (TPSA) is 49.6 Å². The summed E-state index contributed by atoms with van der Waals surface area (Å²) in [7, 11) is 0. The molecular formula is C14H23N3OS. The van der Waals surface area contributed by atoms with Crippen LogP contribution in [0, 0.1) is 0 Å². The molecule has 0 spiro atoms. The van der Waals surface area contributed by atoms with Gasteiger partial charge >= 0.3 is 0 Å². The van der Waals surface area contributed by atoms with Gasteiger partial charge in [-0.25, -0.2) is 0 Å². The fourth-order valence-corrected chi connectivity index (χ4v) is 3.10. The van der Waals surface area contributed by atoms with Crippen LogP contribution in [0.3, 0.4) is 0 Å². The van der Waals surface area contributed by atoms with Crippen LogP contribution in [-0.4, -0.2) is 47.9 Å². The predicted molar refractivity (Wildman–Crippen MR) is 79.1 cm³/mol. The third-order valence-corrected chi connectivity index (χ3v) is 4.32. The van der Waals surface area contributed by atoms with Gasteiger partial charge in [-0.1, -0.05) is 13.3 Å². The van der Waals surface area contributed by atoms with Crippen molar-refractivity contribution in [3.63, 3.8) is 0 Å². The summed E-state index contributed by atoms with van der Waals surface area (Å²) < 4.78 is 0. The molecular weight excluding hydrogens is 258 g/mol. The molecule has 1 fully saturated rings. The van der Waals surface area contributed by atoms with Gasteiger partial charge in [0, 0.05) is 32.7 Å². The molecule has 0 radical (unpaired) electrons. The average molecular weight is 281 g/mol. The Hall–Kier alpha value is -0.910. The second-order valence-corrected chi connectivity index (χ2v) is 5.91. The average Bonchev–Trinajstić information content (AvgIpc) is 2.92. The van der Waals surface area contributed by atoms with E-state index in [4.69, 9.17) is 5.73 Å². The maximum Gasteiger partial charge on any atom is 0.239 e. The van der Waals surface area contributed by atoms with Gasteiger partial charge in [0.25, 0.3) is 0 Å². The van der Waals surface area contributed by atoms with E-state index in [1.165, 1.54) is 5.56 Å².